The van der Waals surface area contributed by atoms with Gasteiger partial charge in [0.15, 0.2) is 23.0 Å². The van der Waals surface area contributed by atoms with Crippen LogP contribution < -0.4 is 23.7 Å². The SMILES string of the molecule is COc1cc2c(c(OC)c1OC)-c1cc3c(cc1C[C@@H]1COC(=O)[C@@H]1C2)OCO3. The predicted octanol–water partition coefficient (Wildman–Crippen LogP) is 3.00. The van der Waals surface area contributed by atoms with Crippen LogP contribution in [0.3, 0.4) is 0 Å². The maximum absolute atomic E-state index is 12.5. The average Bonchev–Trinajstić information content (AvgIpc) is 3.31. The van der Waals surface area contributed by atoms with E-state index in [1.807, 2.05) is 18.2 Å². The Hall–Kier alpha value is -3.09. The summed E-state index contributed by atoms with van der Waals surface area (Å²) >= 11 is 0. The summed E-state index contributed by atoms with van der Waals surface area (Å²) in [6.45, 7) is 0.624. The Bertz CT molecular complexity index is 997. The van der Waals surface area contributed by atoms with E-state index >= 15 is 0 Å². The Morgan fingerprint density at radius 3 is 2.34 bits per heavy atom. The molecule has 0 bridgehead atoms. The summed E-state index contributed by atoms with van der Waals surface area (Å²) in [7, 11) is 4.78. The van der Waals surface area contributed by atoms with E-state index in [1.165, 1.54) is 0 Å². The number of benzene rings is 2. The number of fused-ring (bicyclic) bond motifs is 5. The molecule has 0 aromatic heterocycles. The number of esters is 1. The molecule has 152 valence electrons. The molecule has 2 aliphatic heterocycles. The minimum atomic E-state index is -0.213. The highest BCUT2D eigenvalue weighted by atomic mass is 16.7. The predicted molar refractivity (Wildman–Crippen MR) is 103 cm³/mol. The number of carbonyl (C=O) groups is 1. The van der Waals surface area contributed by atoms with Gasteiger partial charge in [0.1, 0.15) is 0 Å². The van der Waals surface area contributed by atoms with Crippen molar-refractivity contribution < 1.29 is 33.2 Å². The lowest BCUT2D eigenvalue weighted by Crippen LogP contribution is -2.23. The lowest BCUT2D eigenvalue weighted by molar-refractivity contribution is -0.141. The second-order valence-corrected chi connectivity index (χ2v) is 7.45. The molecule has 1 saturated heterocycles. The third-order valence-corrected chi connectivity index (χ3v) is 6.01. The van der Waals surface area contributed by atoms with Gasteiger partial charge in [-0.05, 0) is 47.7 Å². The number of methoxy groups -OCH3 is 3. The minimum absolute atomic E-state index is 0.105. The molecule has 0 saturated carbocycles. The molecule has 0 N–H and O–H groups in total. The van der Waals surface area contributed by atoms with E-state index in [0.717, 1.165) is 22.3 Å². The smallest absolute Gasteiger partial charge is 0.309 e. The van der Waals surface area contributed by atoms with Crippen molar-refractivity contribution in [1.82, 2.24) is 0 Å². The van der Waals surface area contributed by atoms with Crippen LogP contribution in [0.15, 0.2) is 18.2 Å². The van der Waals surface area contributed by atoms with Crippen molar-refractivity contribution in [3.63, 3.8) is 0 Å². The van der Waals surface area contributed by atoms with Crippen LogP contribution in [0.25, 0.3) is 11.1 Å². The zero-order valence-corrected chi connectivity index (χ0v) is 16.6. The number of rotatable bonds is 3. The van der Waals surface area contributed by atoms with Gasteiger partial charge in [0, 0.05) is 11.5 Å². The van der Waals surface area contributed by atoms with Crippen LogP contribution in [-0.2, 0) is 22.4 Å². The van der Waals surface area contributed by atoms with E-state index < -0.39 is 0 Å². The zero-order valence-electron chi connectivity index (χ0n) is 16.6. The number of hydrogen-bond acceptors (Lipinski definition) is 7. The van der Waals surface area contributed by atoms with Gasteiger partial charge in [0.05, 0.1) is 33.9 Å². The molecule has 29 heavy (non-hydrogen) atoms. The summed E-state index contributed by atoms with van der Waals surface area (Å²) in [5, 5.41) is 0. The average molecular weight is 398 g/mol. The molecule has 2 aromatic rings. The molecule has 1 aliphatic carbocycles. The Kier molecular flexibility index (Phi) is 4.19. The first kappa shape index (κ1) is 18.0. The third kappa shape index (κ3) is 2.68. The molecule has 0 unspecified atom stereocenters. The maximum atomic E-state index is 12.5. The monoisotopic (exact) mass is 398 g/mol. The van der Waals surface area contributed by atoms with Gasteiger partial charge in [-0.15, -0.1) is 0 Å². The second-order valence-electron chi connectivity index (χ2n) is 7.45. The Labute approximate surface area is 168 Å². The van der Waals surface area contributed by atoms with E-state index in [-0.39, 0.29) is 24.6 Å². The van der Waals surface area contributed by atoms with Crippen molar-refractivity contribution in [3.8, 4) is 39.9 Å². The molecule has 0 amide bonds. The summed E-state index contributed by atoms with van der Waals surface area (Å²) < 4.78 is 33.6. The van der Waals surface area contributed by atoms with Crippen molar-refractivity contribution in [2.45, 2.75) is 12.8 Å². The molecule has 0 spiro atoms. The molecule has 5 rings (SSSR count). The Balaban J connectivity index is 1.81. The molecule has 7 heteroatoms. The van der Waals surface area contributed by atoms with Crippen LogP contribution in [0.2, 0.25) is 0 Å². The second kappa shape index (κ2) is 6.76. The Morgan fingerprint density at radius 2 is 1.62 bits per heavy atom. The summed E-state index contributed by atoms with van der Waals surface area (Å²) in [6, 6.07) is 5.92. The highest BCUT2D eigenvalue weighted by Crippen LogP contribution is 2.52. The highest BCUT2D eigenvalue weighted by Gasteiger charge is 2.40. The molecule has 2 atom stereocenters. The number of hydrogen-bond donors (Lipinski definition) is 0. The number of cyclic esters (lactones) is 1. The lowest BCUT2D eigenvalue weighted by atomic mass is 9.77. The summed E-state index contributed by atoms with van der Waals surface area (Å²) in [6.07, 6.45) is 1.25. The fourth-order valence-corrected chi connectivity index (χ4v) is 4.62. The first-order chi connectivity index (χ1) is 14.1. The summed E-state index contributed by atoms with van der Waals surface area (Å²) in [5.74, 6) is 2.81. The van der Waals surface area contributed by atoms with Crippen LogP contribution in [0.5, 0.6) is 28.7 Å². The topological polar surface area (TPSA) is 72.5 Å². The van der Waals surface area contributed by atoms with Gasteiger partial charge < -0.3 is 28.4 Å². The zero-order chi connectivity index (χ0) is 20.1. The highest BCUT2D eigenvalue weighted by molar-refractivity contribution is 5.85. The van der Waals surface area contributed by atoms with Gasteiger partial charge >= 0.3 is 5.97 Å². The van der Waals surface area contributed by atoms with Gasteiger partial charge in [0.2, 0.25) is 12.5 Å². The van der Waals surface area contributed by atoms with Gasteiger partial charge in [-0.1, -0.05) is 0 Å². The molecule has 0 radical (unpaired) electrons. The first-order valence-corrected chi connectivity index (χ1v) is 9.56. The van der Waals surface area contributed by atoms with Crippen LogP contribution in [-0.4, -0.2) is 40.7 Å². The van der Waals surface area contributed by atoms with Gasteiger partial charge in [-0.2, -0.15) is 0 Å². The van der Waals surface area contributed by atoms with Crippen molar-refractivity contribution in [2.75, 3.05) is 34.7 Å². The quantitative estimate of drug-likeness (QED) is 0.736. The molecule has 2 aromatic carbocycles. The number of ether oxygens (including phenoxy) is 6. The molecular weight excluding hydrogens is 376 g/mol. The summed E-state index contributed by atoms with van der Waals surface area (Å²) in [5.41, 5.74) is 3.89. The largest absolute Gasteiger partial charge is 0.493 e. The number of carbonyl (C=O) groups excluding carboxylic acids is 1. The fourth-order valence-electron chi connectivity index (χ4n) is 4.62. The summed E-state index contributed by atoms with van der Waals surface area (Å²) in [4.78, 5) is 12.5. The van der Waals surface area contributed by atoms with Crippen LogP contribution in [0.4, 0.5) is 0 Å². The van der Waals surface area contributed by atoms with E-state index in [0.29, 0.717) is 48.2 Å². The van der Waals surface area contributed by atoms with Crippen molar-refractivity contribution >= 4 is 5.97 Å². The van der Waals surface area contributed by atoms with Crippen molar-refractivity contribution in [3.05, 3.63) is 29.3 Å². The van der Waals surface area contributed by atoms with E-state index in [9.17, 15) is 4.79 Å². The van der Waals surface area contributed by atoms with E-state index in [2.05, 4.69) is 0 Å². The fraction of sp³-hybridized carbons (Fsp3) is 0.409. The van der Waals surface area contributed by atoms with Crippen LogP contribution in [0.1, 0.15) is 11.1 Å². The van der Waals surface area contributed by atoms with Gasteiger partial charge in [-0.3, -0.25) is 4.79 Å². The van der Waals surface area contributed by atoms with Crippen LogP contribution >= 0.6 is 0 Å². The van der Waals surface area contributed by atoms with E-state index in [1.54, 1.807) is 21.3 Å². The maximum Gasteiger partial charge on any atom is 0.309 e. The molecular formula is C22H22O7. The van der Waals surface area contributed by atoms with Gasteiger partial charge in [0.25, 0.3) is 0 Å². The van der Waals surface area contributed by atoms with Gasteiger partial charge in [-0.25, -0.2) is 0 Å². The first-order valence-electron chi connectivity index (χ1n) is 9.56. The molecule has 1 fully saturated rings. The molecule has 2 heterocycles. The molecule has 7 nitrogen and oxygen atoms in total. The minimum Gasteiger partial charge on any atom is -0.493 e. The lowest BCUT2D eigenvalue weighted by Gasteiger charge is -2.27. The third-order valence-electron chi connectivity index (χ3n) is 6.01. The Morgan fingerprint density at radius 1 is 0.862 bits per heavy atom. The van der Waals surface area contributed by atoms with Crippen molar-refractivity contribution in [1.29, 1.82) is 0 Å². The van der Waals surface area contributed by atoms with E-state index in [4.69, 9.17) is 28.4 Å². The van der Waals surface area contributed by atoms with Crippen molar-refractivity contribution in [2.24, 2.45) is 11.8 Å². The standard InChI is InChI=1S/C22H22O7/c1-24-18-7-12-5-15-13(9-27-22(15)23)4-11-6-16-17(29-10-28-16)8-14(11)19(12)21(26-3)20(18)25-2/h6-8,13,15H,4-5,9-10H2,1-3H3/t13-,15-/m1/s1. The molecule has 3 aliphatic rings. The van der Waals surface area contributed by atoms with Crippen LogP contribution in [0, 0.1) is 11.8 Å². The normalized spacial score (nSPS) is 21.3.